The van der Waals surface area contributed by atoms with Crippen LogP contribution in [0.1, 0.15) is 18.5 Å². The van der Waals surface area contributed by atoms with Crippen molar-refractivity contribution < 1.29 is 59.3 Å². The molecule has 2 aromatic rings. The van der Waals surface area contributed by atoms with Crippen LogP contribution in [0.25, 0.3) is 0 Å². The lowest BCUT2D eigenvalue weighted by Crippen LogP contribution is -2.72. The van der Waals surface area contributed by atoms with Gasteiger partial charge in [-0.2, -0.15) is 30.6 Å². The van der Waals surface area contributed by atoms with Crippen molar-refractivity contribution in [3.63, 3.8) is 0 Å². The Balaban J connectivity index is 0.000000367. The normalized spacial score (nSPS) is 19.0. The lowest BCUT2D eigenvalue weighted by atomic mass is 9.77. The van der Waals surface area contributed by atoms with Gasteiger partial charge in [-0.15, -0.1) is 0 Å². The average Bonchev–Trinajstić information content (AvgIpc) is 2.89. The summed E-state index contributed by atoms with van der Waals surface area (Å²) in [5.74, 6) is -5.08. The molecule has 18 heteroatoms. The molecule has 1 unspecified atom stereocenters. The quantitative estimate of drug-likeness (QED) is 0.456. The molecule has 11 nitrogen and oxygen atoms in total. The van der Waals surface area contributed by atoms with Crippen molar-refractivity contribution in [1.29, 1.82) is 0 Å². The van der Waals surface area contributed by atoms with Gasteiger partial charge in [0.2, 0.25) is 10.0 Å². The van der Waals surface area contributed by atoms with Crippen LogP contribution in [0.3, 0.4) is 0 Å². The topological polar surface area (TPSA) is 150 Å². The summed E-state index contributed by atoms with van der Waals surface area (Å²) in [5, 5.41) is 14.2. The number of aliphatic carboxylic acids is 2. The maximum atomic E-state index is 12.8. The van der Waals surface area contributed by atoms with E-state index in [1.165, 1.54) is 6.20 Å². The molecule has 0 saturated carbocycles. The first-order chi connectivity index (χ1) is 19.4. The Morgan fingerprint density at radius 2 is 1.62 bits per heavy atom. The fourth-order valence-electron chi connectivity index (χ4n) is 4.16. The Hall–Kier alpha value is -3.35. The van der Waals surface area contributed by atoms with E-state index in [1.54, 1.807) is 28.8 Å². The second-order valence-electron chi connectivity index (χ2n) is 9.41. The summed E-state index contributed by atoms with van der Waals surface area (Å²) in [4.78, 5) is 28.6. The summed E-state index contributed by atoms with van der Waals surface area (Å²) in [6.45, 7) is 3.20. The number of piperidine rings is 1. The first kappa shape index (κ1) is 34.8. The molecule has 4 heterocycles. The molecule has 4 rings (SSSR count). The number of halogens is 6. The maximum absolute atomic E-state index is 12.8. The molecular formula is C24H28F6N4O7S. The number of sulfonamides is 1. The molecule has 2 aliphatic rings. The number of carboxylic acids is 2. The molecule has 2 aliphatic heterocycles. The van der Waals surface area contributed by atoms with Gasteiger partial charge in [0.05, 0.1) is 18.9 Å². The van der Waals surface area contributed by atoms with Gasteiger partial charge in [-0.05, 0) is 56.6 Å². The highest BCUT2D eigenvalue weighted by Crippen LogP contribution is 2.40. The number of alkyl halides is 6. The maximum Gasteiger partial charge on any atom is 0.490 e. The SMILES string of the molecule is CN1CCC(COCc2ccccn2)CC12CN(S(=O)(=O)c1cccnc1)C2.O=C(O)C(F)(F)F.O=C(O)C(F)(F)F. The number of likely N-dealkylation sites (N-methyl/N-ethyl adjacent to an activating group) is 1. The number of hydrogen-bond acceptors (Lipinski definition) is 8. The average molecular weight is 631 g/mol. The van der Waals surface area contributed by atoms with Crippen LogP contribution in [0.5, 0.6) is 0 Å². The second-order valence-corrected chi connectivity index (χ2v) is 11.3. The predicted octanol–water partition coefficient (Wildman–Crippen LogP) is 3.04. The molecule has 0 bridgehead atoms. The van der Waals surface area contributed by atoms with E-state index in [0.717, 1.165) is 25.1 Å². The minimum Gasteiger partial charge on any atom is -0.475 e. The van der Waals surface area contributed by atoms with Crippen LogP contribution in [-0.2, 0) is 31.0 Å². The number of hydrogen-bond donors (Lipinski definition) is 2. The Kier molecular flexibility index (Phi) is 11.8. The summed E-state index contributed by atoms with van der Waals surface area (Å²) in [5.41, 5.74) is 0.842. The minimum absolute atomic E-state index is 0.0907. The van der Waals surface area contributed by atoms with Gasteiger partial charge in [-0.25, -0.2) is 18.0 Å². The van der Waals surface area contributed by atoms with Crippen LogP contribution in [0.15, 0.2) is 53.8 Å². The number of ether oxygens (including phenoxy) is 1. The lowest BCUT2D eigenvalue weighted by Gasteiger charge is -2.57. The molecule has 0 aliphatic carbocycles. The van der Waals surface area contributed by atoms with Gasteiger partial charge in [0.15, 0.2) is 0 Å². The largest absolute Gasteiger partial charge is 0.490 e. The predicted molar refractivity (Wildman–Crippen MR) is 132 cm³/mol. The van der Waals surface area contributed by atoms with Gasteiger partial charge in [0.1, 0.15) is 4.90 Å². The van der Waals surface area contributed by atoms with Crippen LogP contribution >= 0.6 is 0 Å². The fourth-order valence-corrected chi connectivity index (χ4v) is 5.73. The van der Waals surface area contributed by atoms with E-state index in [9.17, 15) is 34.8 Å². The zero-order valence-electron chi connectivity index (χ0n) is 22.0. The molecule has 2 N–H and O–H groups in total. The van der Waals surface area contributed by atoms with Gasteiger partial charge in [0, 0.05) is 37.2 Å². The molecule has 2 fully saturated rings. The summed E-state index contributed by atoms with van der Waals surface area (Å²) in [7, 11) is -1.37. The van der Waals surface area contributed by atoms with Crippen molar-refractivity contribution >= 4 is 22.0 Å². The molecule has 234 valence electrons. The zero-order chi connectivity index (χ0) is 31.8. The van der Waals surface area contributed by atoms with E-state index in [2.05, 4.69) is 21.9 Å². The highest BCUT2D eigenvalue weighted by molar-refractivity contribution is 7.89. The van der Waals surface area contributed by atoms with E-state index in [-0.39, 0.29) is 10.4 Å². The summed E-state index contributed by atoms with van der Waals surface area (Å²) in [6, 6.07) is 9.08. The van der Waals surface area contributed by atoms with Crippen LogP contribution in [0.2, 0.25) is 0 Å². The van der Waals surface area contributed by atoms with Crippen LogP contribution < -0.4 is 0 Å². The molecule has 42 heavy (non-hydrogen) atoms. The molecule has 2 aromatic heterocycles. The van der Waals surface area contributed by atoms with E-state index in [1.807, 2.05) is 18.2 Å². The number of rotatable bonds is 6. The van der Waals surface area contributed by atoms with E-state index in [4.69, 9.17) is 24.5 Å². The Morgan fingerprint density at radius 1 is 1.02 bits per heavy atom. The number of carbonyl (C=O) groups is 2. The third kappa shape index (κ3) is 9.88. The third-order valence-corrected chi connectivity index (χ3v) is 8.15. The van der Waals surface area contributed by atoms with E-state index >= 15 is 0 Å². The Labute approximate surface area is 236 Å². The van der Waals surface area contributed by atoms with Gasteiger partial charge >= 0.3 is 24.3 Å². The van der Waals surface area contributed by atoms with Crippen molar-refractivity contribution in [3.8, 4) is 0 Å². The van der Waals surface area contributed by atoms with Crippen molar-refractivity contribution in [2.24, 2.45) is 5.92 Å². The molecule has 0 radical (unpaired) electrons. The fraction of sp³-hybridized carbons (Fsp3) is 0.500. The van der Waals surface area contributed by atoms with Crippen LogP contribution in [0.4, 0.5) is 26.3 Å². The molecular weight excluding hydrogens is 602 g/mol. The van der Waals surface area contributed by atoms with Crippen LogP contribution in [0, 0.1) is 5.92 Å². The first-order valence-electron chi connectivity index (χ1n) is 12.1. The standard InChI is InChI=1S/C20H26N4O3S.2C2HF3O2/c1-23-10-7-17(13-27-14-18-5-2-3-9-22-18)11-20(23)15-24(16-20)28(25,26)19-6-4-8-21-12-19;2*3-2(4,5)1(6)7/h2-6,8-9,12,17H,7,10-11,13-16H2,1H3;2*(H,6,7). The summed E-state index contributed by atoms with van der Waals surface area (Å²) in [6.07, 6.45) is -3.38. The lowest BCUT2D eigenvalue weighted by molar-refractivity contribution is -0.193. The highest BCUT2D eigenvalue weighted by Gasteiger charge is 2.53. The molecule has 1 spiro atoms. The van der Waals surface area contributed by atoms with Crippen molar-refractivity contribution in [2.45, 2.75) is 42.2 Å². The van der Waals surface area contributed by atoms with E-state index < -0.39 is 34.3 Å². The number of likely N-dealkylation sites (tertiary alicyclic amines) is 1. The molecule has 1 atom stereocenters. The van der Waals surface area contributed by atoms with Gasteiger partial charge in [-0.3, -0.25) is 14.9 Å². The van der Waals surface area contributed by atoms with E-state index in [0.29, 0.717) is 32.2 Å². The summed E-state index contributed by atoms with van der Waals surface area (Å²) >= 11 is 0. The molecule has 0 amide bonds. The van der Waals surface area contributed by atoms with Crippen molar-refractivity contribution in [3.05, 3.63) is 54.6 Å². The second kappa shape index (κ2) is 14.2. The minimum atomic E-state index is -5.08. The molecule has 0 aromatic carbocycles. The number of aromatic nitrogens is 2. The number of pyridine rings is 2. The van der Waals surface area contributed by atoms with Crippen molar-refractivity contribution in [2.75, 3.05) is 33.3 Å². The summed E-state index contributed by atoms with van der Waals surface area (Å²) < 4.78 is 96.5. The van der Waals surface area contributed by atoms with Gasteiger partial charge in [0.25, 0.3) is 0 Å². The van der Waals surface area contributed by atoms with Gasteiger partial charge < -0.3 is 14.9 Å². The third-order valence-electron chi connectivity index (χ3n) is 6.38. The van der Waals surface area contributed by atoms with Crippen molar-refractivity contribution in [1.82, 2.24) is 19.2 Å². The molecule has 2 saturated heterocycles. The number of nitrogens with zero attached hydrogens (tertiary/aromatic N) is 4. The Bertz CT molecular complexity index is 1250. The Morgan fingerprint density at radius 3 is 2.10 bits per heavy atom. The smallest absolute Gasteiger partial charge is 0.475 e. The first-order valence-corrected chi connectivity index (χ1v) is 13.5. The monoisotopic (exact) mass is 630 g/mol. The number of carboxylic acid groups (broad SMARTS) is 2. The highest BCUT2D eigenvalue weighted by atomic mass is 32.2. The zero-order valence-corrected chi connectivity index (χ0v) is 22.9. The van der Waals surface area contributed by atoms with Crippen LogP contribution in [-0.4, -0.2) is 101 Å². The van der Waals surface area contributed by atoms with Gasteiger partial charge in [-0.1, -0.05) is 6.07 Å².